The SMILES string of the molecule is CCc1nc2ccc(C3CCN(S(=O)(=O)CCN4CCOCC4)CC3)cn2c1Nc1nc(-c2ccc(F)cc2)c(C)s1. The summed E-state index contributed by atoms with van der Waals surface area (Å²) in [6.45, 7) is 8.66. The molecule has 2 fully saturated rings. The highest BCUT2D eigenvalue weighted by atomic mass is 32.2. The van der Waals surface area contributed by atoms with Crippen LogP contribution in [0.3, 0.4) is 0 Å². The Hall–Kier alpha value is -2.90. The Balaban J connectivity index is 1.16. The van der Waals surface area contributed by atoms with E-state index in [1.165, 1.54) is 17.7 Å². The van der Waals surface area contributed by atoms with Crippen molar-refractivity contribution in [1.29, 1.82) is 0 Å². The van der Waals surface area contributed by atoms with Gasteiger partial charge in [-0.05, 0) is 68.0 Å². The number of pyridine rings is 1. The number of fused-ring (bicyclic) bond motifs is 1. The van der Waals surface area contributed by atoms with Gasteiger partial charge >= 0.3 is 0 Å². The number of halogens is 1. The molecule has 0 radical (unpaired) electrons. The highest BCUT2D eigenvalue weighted by molar-refractivity contribution is 7.89. The topological polar surface area (TPSA) is 92.1 Å². The van der Waals surface area contributed by atoms with Crippen LogP contribution in [-0.4, -0.2) is 83.7 Å². The molecule has 0 atom stereocenters. The average Bonchev–Trinajstić information content (AvgIpc) is 3.56. The van der Waals surface area contributed by atoms with E-state index in [1.807, 2.05) is 13.0 Å². The lowest BCUT2D eigenvalue weighted by Gasteiger charge is -2.32. The number of aryl methyl sites for hydroxylation is 2. The molecule has 224 valence electrons. The van der Waals surface area contributed by atoms with E-state index in [1.54, 1.807) is 27.8 Å². The van der Waals surface area contributed by atoms with Crippen LogP contribution >= 0.6 is 11.3 Å². The average molecular weight is 613 g/mol. The van der Waals surface area contributed by atoms with Crippen LogP contribution in [-0.2, 0) is 21.2 Å². The number of ether oxygens (including phenoxy) is 1. The van der Waals surface area contributed by atoms with Gasteiger partial charge in [-0.25, -0.2) is 27.1 Å². The first-order valence-corrected chi connectivity index (χ1v) is 17.0. The van der Waals surface area contributed by atoms with E-state index < -0.39 is 10.0 Å². The molecule has 1 N–H and O–H groups in total. The predicted octanol–water partition coefficient (Wildman–Crippen LogP) is 5.05. The van der Waals surface area contributed by atoms with E-state index >= 15 is 0 Å². The van der Waals surface area contributed by atoms with Gasteiger partial charge in [0.05, 0.1) is 30.4 Å². The second-order valence-electron chi connectivity index (χ2n) is 11.0. The van der Waals surface area contributed by atoms with E-state index in [9.17, 15) is 12.8 Å². The quantitative estimate of drug-likeness (QED) is 0.283. The van der Waals surface area contributed by atoms with Crippen molar-refractivity contribution in [3.05, 3.63) is 64.5 Å². The van der Waals surface area contributed by atoms with E-state index in [4.69, 9.17) is 14.7 Å². The van der Waals surface area contributed by atoms with Crippen molar-refractivity contribution in [2.45, 2.75) is 39.0 Å². The van der Waals surface area contributed by atoms with Gasteiger partial charge in [-0.15, -0.1) is 11.3 Å². The number of nitrogens with zero attached hydrogens (tertiary/aromatic N) is 5. The zero-order valence-corrected chi connectivity index (χ0v) is 25.7. The molecule has 0 bridgehead atoms. The standard InChI is InChI=1S/C30H37FN6O3S2/c1-3-26-29(34-30-33-28(21(2)41-30)23-4-7-25(31)8-5-23)37-20-24(6-9-27(37)32-26)22-10-12-36(13-11-22)42(38,39)19-16-35-14-17-40-18-15-35/h4-9,20,22H,3,10-19H2,1-2H3,(H,33,34). The summed E-state index contributed by atoms with van der Waals surface area (Å²) in [5.74, 6) is 1.05. The fourth-order valence-electron chi connectivity index (χ4n) is 5.82. The van der Waals surface area contributed by atoms with Crippen LogP contribution in [0.1, 0.15) is 41.8 Å². The molecule has 5 heterocycles. The molecule has 0 saturated carbocycles. The molecular weight excluding hydrogens is 576 g/mol. The van der Waals surface area contributed by atoms with Crippen molar-refractivity contribution in [2.75, 3.05) is 57.0 Å². The van der Waals surface area contributed by atoms with Crippen LogP contribution in [0.5, 0.6) is 0 Å². The minimum absolute atomic E-state index is 0.159. The van der Waals surface area contributed by atoms with E-state index in [2.05, 4.69) is 33.8 Å². The summed E-state index contributed by atoms with van der Waals surface area (Å²) in [6.07, 6.45) is 4.47. The first-order valence-electron chi connectivity index (χ1n) is 14.6. The van der Waals surface area contributed by atoms with Crippen LogP contribution in [0.15, 0.2) is 42.6 Å². The molecule has 3 aromatic heterocycles. The normalized spacial score (nSPS) is 17.7. The summed E-state index contributed by atoms with van der Waals surface area (Å²) in [6, 6.07) is 10.6. The van der Waals surface area contributed by atoms with E-state index in [0.717, 1.165) is 70.8 Å². The fraction of sp³-hybridized carbons (Fsp3) is 0.467. The number of morpholine rings is 1. The summed E-state index contributed by atoms with van der Waals surface area (Å²) in [5, 5.41) is 4.28. The van der Waals surface area contributed by atoms with Gasteiger partial charge in [0.1, 0.15) is 17.3 Å². The molecule has 0 spiro atoms. The van der Waals surface area contributed by atoms with Gasteiger partial charge in [0.15, 0.2) is 5.13 Å². The molecule has 0 amide bonds. The molecule has 0 unspecified atom stereocenters. The lowest BCUT2D eigenvalue weighted by Crippen LogP contribution is -2.44. The maximum Gasteiger partial charge on any atom is 0.215 e. The van der Waals surface area contributed by atoms with Gasteiger partial charge in [0, 0.05) is 49.4 Å². The molecular formula is C30H37FN6O3S2. The molecule has 2 saturated heterocycles. The highest BCUT2D eigenvalue weighted by Crippen LogP contribution is 2.35. The Morgan fingerprint density at radius 3 is 2.50 bits per heavy atom. The Bertz CT molecular complexity index is 1640. The summed E-state index contributed by atoms with van der Waals surface area (Å²) in [7, 11) is -3.29. The van der Waals surface area contributed by atoms with Gasteiger partial charge in [-0.3, -0.25) is 9.30 Å². The number of thiazole rings is 1. The monoisotopic (exact) mass is 612 g/mol. The van der Waals surface area contributed by atoms with Gasteiger partial charge in [0.25, 0.3) is 0 Å². The number of aromatic nitrogens is 3. The predicted molar refractivity (Wildman–Crippen MR) is 165 cm³/mol. The fourth-order valence-corrected chi connectivity index (χ4v) is 8.17. The lowest BCUT2D eigenvalue weighted by molar-refractivity contribution is 0.0406. The minimum Gasteiger partial charge on any atom is -0.379 e. The van der Waals surface area contributed by atoms with Crippen molar-refractivity contribution in [2.24, 2.45) is 0 Å². The summed E-state index contributed by atoms with van der Waals surface area (Å²) >= 11 is 1.56. The molecule has 9 nitrogen and oxygen atoms in total. The van der Waals surface area contributed by atoms with Gasteiger partial charge in [-0.1, -0.05) is 13.0 Å². The minimum atomic E-state index is -3.29. The van der Waals surface area contributed by atoms with Crippen molar-refractivity contribution in [1.82, 2.24) is 23.6 Å². The molecule has 42 heavy (non-hydrogen) atoms. The van der Waals surface area contributed by atoms with Gasteiger partial charge < -0.3 is 10.1 Å². The number of rotatable bonds is 9. The number of sulfonamides is 1. The van der Waals surface area contributed by atoms with Gasteiger partial charge in [-0.2, -0.15) is 0 Å². The highest BCUT2D eigenvalue weighted by Gasteiger charge is 2.29. The third-order valence-electron chi connectivity index (χ3n) is 8.28. The van der Waals surface area contributed by atoms with Crippen molar-refractivity contribution in [3.63, 3.8) is 0 Å². The number of anilines is 2. The number of piperidine rings is 1. The first-order chi connectivity index (χ1) is 20.3. The molecule has 6 rings (SSSR count). The first kappa shape index (κ1) is 29.2. The molecule has 1 aromatic carbocycles. The summed E-state index contributed by atoms with van der Waals surface area (Å²) < 4.78 is 48.7. The Labute approximate surface area is 250 Å². The number of nitrogens with one attached hydrogen (secondary N) is 1. The maximum atomic E-state index is 13.5. The summed E-state index contributed by atoms with van der Waals surface area (Å²) in [4.78, 5) is 12.9. The number of benzene rings is 1. The van der Waals surface area contributed by atoms with Crippen LogP contribution in [0, 0.1) is 12.7 Å². The molecule has 2 aliphatic rings. The molecule has 4 aromatic rings. The second-order valence-corrected chi connectivity index (χ2v) is 14.2. The Kier molecular flexibility index (Phi) is 8.60. The van der Waals surface area contributed by atoms with E-state index in [0.29, 0.717) is 32.8 Å². The largest absolute Gasteiger partial charge is 0.379 e. The van der Waals surface area contributed by atoms with Crippen LogP contribution in [0.2, 0.25) is 0 Å². The zero-order chi connectivity index (χ0) is 29.3. The third-order valence-corrected chi connectivity index (χ3v) is 11.0. The van der Waals surface area contributed by atoms with Crippen molar-refractivity contribution in [3.8, 4) is 11.3 Å². The zero-order valence-electron chi connectivity index (χ0n) is 24.1. The smallest absolute Gasteiger partial charge is 0.215 e. The number of imidazole rings is 1. The van der Waals surface area contributed by atoms with Crippen LogP contribution < -0.4 is 5.32 Å². The third kappa shape index (κ3) is 6.23. The number of hydrogen-bond donors (Lipinski definition) is 1. The number of hydrogen-bond acceptors (Lipinski definition) is 8. The van der Waals surface area contributed by atoms with Crippen LogP contribution in [0.4, 0.5) is 15.3 Å². The molecule has 2 aliphatic heterocycles. The van der Waals surface area contributed by atoms with Crippen LogP contribution in [0.25, 0.3) is 16.9 Å². The van der Waals surface area contributed by atoms with Crippen molar-refractivity contribution < 1.29 is 17.5 Å². The van der Waals surface area contributed by atoms with E-state index in [-0.39, 0.29) is 17.5 Å². The second kappa shape index (κ2) is 12.4. The Morgan fingerprint density at radius 2 is 1.79 bits per heavy atom. The Morgan fingerprint density at radius 1 is 1.05 bits per heavy atom. The summed E-state index contributed by atoms with van der Waals surface area (Å²) in [5.41, 5.74) is 4.70. The molecule has 12 heteroatoms. The lowest BCUT2D eigenvalue weighted by atomic mass is 9.91. The van der Waals surface area contributed by atoms with Crippen molar-refractivity contribution >= 4 is 38.0 Å². The maximum absolute atomic E-state index is 13.5. The molecule has 0 aliphatic carbocycles. The van der Waals surface area contributed by atoms with Gasteiger partial charge in [0.2, 0.25) is 10.0 Å².